The maximum atomic E-state index is 12.5. The number of hydrogen-bond donors (Lipinski definition) is 2. The van der Waals surface area contributed by atoms with Gasteiger partial charge in [0.1, 0.15) is 5.82 Å². The van der Waals surface area contributed by atoms with Crippen LogP contribution in [0.5, 0.6) is 0 Å². The highest BCUT2D eigenvalue weighted by Gasteiger charge is 2.27. The van der Waals surface area contributed by atoms with Gasteiger partial charge in [-0.25, -0.2) is 9.78 Å². The van der Waals surface area contributed by atoms with E-state index in [2.05, 4.69) is 38.0 Å². The first kappa shape index (κ1) is 17.7. The zero-order valence-corrected chi connectivity index (χ0v) is 16.1. The number of aromatic nitrogens is 2. The van der Waals surface area contributed by atoms with Crippen LogP contribution >= 0.6 is 11.8 Å². The molecule has 0 saturated carbocycles. The minimum atomic E-state index is 0.0542. The van der Waals surface area contributed by atoms with Crippen molar-refractivity contribution in [1.82, 2.24) is 25.1 Å². The normalized spacial score (nSPS) is 19.8. The molecule has 3 heterocycles. The lowest BCUT2D eigenvalue weighted by Crippen LogP contribution is -2.51. The highest BCUT2D eigenvalue weighted by Crippen LogP contribution is 2.20. The van der Waals surface area contributed by atoms with E-state index in [1.165, 1.54) is 24.6 Å². The van der Waals surface area contributed by atoms with Crippen LogP contribution < -0.4 is 5.32 Å². The smallest absolute Gasteiger partial charge is 0.317 e. The Labute approximate surface area is 158 Å². The van der Waals surface area contributed by atoms with E-state index < -0.39 is 0 Å². The van der Waals surface area contributed by atoms with E-state index in [9.17, 15) is 4.79 Å². The van der Waals surface area contributed by atoms with Crippen LogP contribution in [-0.4, -0.2) is 69.5 Å². The predicted molar refractivity (Wildman–Crippen MR) is 107 cm³/mol. The largest absolute Gasteiger partial charge is 0.342 e. The van der Waals surface area contributed by atoms with Gasteiger partial charge in [-0.1, -0.05) is 6.07 Å². The fourth-order valence-electron chi connectivity index (χ4n) is 3.96. The third kappa shape index (κ3) is 3.99. The summed E-state index contributed by atoms with van der Waals surface area (Å²) in [6, 6.07) is 6.81. The molecule has 0 atom stereocenters. The summed E-state index contributed by atoms with van der Waals surface area (Å²) in [5.74, 6) is 3.42. The zero-order valence-electron chi connectivity index (χ0n) is 15.3. The van der Waals surface area contributed by atoms with Gasteiger partial charge in [0.25, 0.3) is 0 Å². The Morgan fingerprint density at radius 2 is 2.04 bits per heavy atom. The fraction of sp³-hybridized carbons (Fsp3) is 0.579. The summed E-state index contributed by atoms with van der Waals surface area (Å²) < 4.78 is 0. The fourth-order valence-corrected chi connectivity index (χ4v) is 4.89. The minimum Gasteiger partial charge on any atom is -0.342 e. The first-order valence-electron chi connectivity index (χ1n) is 9.49. The molecule has 0 bridgehead atoms. The number of hydrogen-bond acceptors (Lipinski definition) is 4. The van der Waals surface area contributed by atoms with E-state index in [0.717, 1.165) is 48.4 Å². The Hall–Kier alpha value is -1.73. The molecule has 0 radical (unpaired) electrons. The van der Waals surface area contributed by atoms with Gasteiger partial charge < -0.3 is 15.2 Å². The highest BCUT2D eigenvalue weighted by molar-refractivity contribution is 7.99. The standard InChI is InChI=1S/C19H27N5OS/c1-14-21-17-3-2-15(12-18(17)22-14)13-20-19(25)24-6-4-16(5-7-24)23-8-10-26-11-9-23/h2-3,12,16H,4-11,13H2,1H3,(H,20,25)(H,21,22). The highest BCUT2D eigenvalue weighted by atomic mass is 32.2. The lowest BCUT2D eigenvalue weighted by atomic mass is 10.0. The Kier molecular flexibility index (Phi) is 5.36. The Balaban J connectivity index is 1.27. The molecular weight excluding hydrogens is 346 g/mol. The number of amides is 2. The number of nitrogens with one attached hydrogen (secondary N) is 2. The second-order valence-electron chi connectivity index (χ2n) is 7.20. The van der Waals surface area contributed by atoms with Crippen LogP contribution in [0.4, 0.5) is 4.79 Å². The molecule has 140 valence electrons. The topological polar surface area (TPSA) is 64.3 Å². The molecule has 2 N–H and O–H groups in total. The molecule has 2 aliphatic heterocycles. The third-order valence-electron chi connectivity index (χ3n) is 5.42. The van der Waals surface area contributed by atoms with Crippen molar-refractivity contribution in [3.63, 3.8) is 0 Å². The molecule has 7 heteroatoms. The summed E-state index contributed by atoms with van der Waals surface area (Å²) in [6.45, 7) is 6.63. The van der Waals surface area contributed by atoms with E-state index >= 15 is 0 Å². The summed E-state index contributed by atoms with van der Waals surface area (Å²) in [5, 5.41) is 3.07. The minimum absolute atomic E-state index is 0.0542. The maximum absolute atomic E-state index is 12.5. The number of H-pyrrole nitrogens is 1. The van der Waals surface area contributed by atoms with Gasteiger partial charge in [0.05, 0.1) is 11.0 Å². The van der Waals surface area contributed by atoms with E-state index in [4.69, 9.17) is 0 Å². The van der Waals surface area contributed by atoms with Gasteiger partial charge in [-0.15, -0.1) is 0 Å². The van der Waals surface area contributed by atoms with Crippen molar-refractivity contribution >= 4 is 28.8 Å². The average molecular weight is 374 g/mol. The number of carbonyl (C=O) groups is 1. The predicted octanol–water partition coefficient (Wildman–Crippen LogP) is 2.59. The Bertz CT molecular complexity index is 762. The van der Waals surface area contributed by atoms with Crippen molar-refractivity contribution in [2.45, 2.75) is 32.4 Å². The number of aromatic amines is 1. The molecule has 2 aromatic rings. The number of benzene rings is 1. The molecule has 0 aliphatic carbocycles. The number of thioether (sulfide) groups is 1. The van der Waals surface area contributed by atoms with Crippen molar-refractivity contribution in [3.8, 4) is 0 Å². The number of fused-ring (bicyclic) bond motifs is 1. The van der Waals surface area contributed by atoms with Gasteiger partial charge in [-0.2, -0.15) is 11.8 Å². The molecule has 1 aromatic heterocycles. The number of imidazole rings is 1. The van der Waals surface area contributed by atoms with Crippen LogP contribution in [0.25, 0.3) is 11.0 Å². The average Bonchev–Trinajstić information content (AvgIpc) is 3.06. The van der Waals surface area contributed by atoms with Crippen molar-refractivity contribution in [3.05, 3.63) is 29.6 Å². The number of aryl methyl sites for hydroxylation is 1. The Morgan fingerprint density at radius 1 is 1.27 bits per heavy atom. The van der Waals surface area contributed by atoms with Gasteiger partial charge in [0.15, 0.2) is 0 Å². The van der Waals surface area contributed by atoms with E-state index in [-0.39, 0.29) is 6.03 Å². The van der Waals surface area contributed by atoms with Gasteiger partial charge in [-0.05, 0) is 37.5 Å². The molecular formula is C19H27N5OS. The monoisotopic (exact) mass is 373 g/mol. The number of urea groups is 1. The molecule has 26 heavy (non-hydrogen) atoms. The van der Waals surface area contributed by atoms with Crippen LogP contribution in [0.2, 0.25) is 0 Å². The van der Waals surface area contributed by atoms with Crippen LogP contribution in [0, 0.1) is 6.92 Å². The number of piperidine rings is 1. The van der Waals surface area contributed by atoms with E-state index in [0.29, 0.717) is 12.6 Å². The lowest BCUT2D eigenvalue weighted by Gasteiger charge is -2.40. The van der Waals surface area contributed by atoms with Gasteiger partial charge in [0.2, 0.25) is 0 Å². The van der Waals surface area contributed by atoms with Crippen molar-refractivity contribution in [2.24, 2.45) is 0 Å². The van der Waals surface area contributed by atoms with Crippen LogP contribution in [0.1, 0.15) is 24.2 Å². The van der Waals surface area contributed by atoms with Gasteiger partial charge >= 0.3 is 6.03 Å². The Morgan fingerprint density at radius 3 is 2.81 bits per heavy atom. The van der Waals surface area contributed by atoms with Crippen molar-refractivity contribution in [1.29, 1.82) is 0 Å². The van der Waals surface area contributed by atoms with Gasteiger partial charge in [0, 0.05) is 50.3 Å². The zero-order chi connectivity index (χ0) is 17.9. The molecule has 2 fully saturated rings. The second-order valence-corrected chi connectivity index (χ2v) is 8.42. The summed E-state index contributed by atoms with van der Waals surface area (Å²) in [7, 11) is 0. The van der Waals surface area contributed by atoms with Crippen LogP contribution in [-0.2, 0) is 6.54 Å². The molecule has 1 aromatic carbocycles. The summed E-state index contributed by atoms with van der Waals surface area (Å²) in [4.78, 5) is 24.7. The summed E-state index contributed by atoms with van der Waals surface area (Å²) in [5.41, 5.74) is 3.08. The quantitative estimate of drug-likeness (QED) is 0.868. The van der Waals surface area contributed by atoms with Crippen molar-refractivity contribution < 1.29 is 4.79 Å². The van der Waals surface area contributed by atoms with Crippen LogP contribution in [0.15, 0.2) is 18.2 Å². The second kappa shape index (κ2) is 7.88. The molecule has 0 spiro atoms. The maximum Gasteiger partial charge on any atom is 0.317 e. The SMILES string of the molecule is Cc1nc2ccc(CNC(=O)N3CCC(N4CCSCC4)CC3)cc2[nH]1. The molecule has 2 amide bonds. The summed E-state index contributed by atoms with van der Waals surface area (Å²) in [6.07, 6.45) is 2.19. The van der Waals surface area contributed by atoms with Gasteiger partial charge in [-0.3, -0.25) is 4.90 Å². The molecule has 2 saturated heterocycles. The number of carbonyl (C=O) groups excluding carboxylic acids is 1. The first-order valence-corrected chi connectivity index (χ1v) is 10.6. The molecule has 2 aliphatic rings. The molecule has 6 nitrogen and oxygen atoms in total. The molecule has 4 rings (SSSR count). The van der Waals surface area contributed by atoms with Crippen LogP contribution in [0.3, 0.4) is 0 Å². The lowest BCUT2D eigenvalue weighted by molar-refractivity contribution is 0.124. The number of rotatable bonds is 3. The third-order valence-corrected chi connectivity index (χ3v) is 6.36. The number of likely N-dealkylation sites (tertiary alicyclic amines) is 1. The summed E-state index contributed by atoms with van der Waals surface area (Å²) >= 11 is 2.05. The molecule has 0 unspecified atom stereocenters. The van der Waals surface area contributed by atoms with E-state index in [1.54, 1.807) is 0 Å². The van der Waals surface area contributed by atoms with Crippen molar-refractivity contribution in [2.75, 3.05) is 37.7 Å². The first-order chi connectivity index (χ1) is 12.7. The van der Waals surface area contributed by atoms with E-state index in [1.807, 2.05) is 24.0 Å². The number of nitrogens with zero attached hydrogens (tertiary/aromatic N) is 3.